The first kappa shape index (κ1) is 15.7. The molecular weight excluding hydrogens is 314 g/mol. The van der Waals surface area contributed by atoms with Crippen molar-refractivity contribution in [2.45, 2.75) is 24.7 Å². The van der Waals surface area contributed by atoms with Crippen LogP contribution in [0.3, 0.4) is 0 Å². The van der Waals surface area contributed by atoms with Gasteiger partial charge in [0.15, 0.2) is 11.5 Å². The average Bonchev–Trinajstić information content (AvgIpc) is 2.54. The van der Waals surface area contributed by atoms with E-state index in [0.717, 1.165) is 5.56 Å². The van der Waals surface area contributed by atoms with Gasteiger partial charge in [0.1, 0.15) is 13.2 Å². The average molecular weight is 333 g/mol. The third kappa shape index (κ3) is 3.42. The van der Waals surface area contributed by atoms with Gasteiger partial charge in [0.2, 0.25) is 0 Å². The maximum absolute atomic E-state index is 12.5. The molecule has 2 aromatic rings. The van der Waals surface area contributed by atoms with E-state index < -0.39 is 10.0 Å². The standard InChI is InChI=1S/C17H19NO4S/c1-12(2)13-3-5-14(6-4-13)18-23(19,20)15-7-8-16-17(11-15)22-10-9-21-16/h3-8,11-12,18H,9-10H2,1-2H3. The molecule has 0 atom stereocenters. The molecule has 3 rings (SSSR count). The predicted molar refractivity (Wildman–Crippen MR) is 88.8 cm³/mol. The van der Waals surface area contributed by atoms with E-state index in [1.54, 1.807) is 18.2 Å². The summed E-state index contributed by atoms with van der Waals surface area (Å²) in [5.41, 5.74) is 1.69. The molecule has 2 aromatic carbocycles. The van der Waals surface area contributed by atoms with Gasteiger partial charge in [0.25, 0.3) is 10.0 Å². The summed E-state index contributed by atoms with van der Waals surface area (Å²) in [7, 11) is -3.67. The highest BCUT2D eigenvalue weighted by molar-refractivity contribution is 7.92. The van der Waals surface area contributed by atoms with Crippen molar-refractivity contribution in [2.24, 2.45) is 0 Å². The Balaban J connectivity index is 1.84. The number of anilines is 1. The first-order valence-electron chi connectivity index (χ1n) is 7.48. The van der Waals surface area contributed by atoms with Crippen LogP contribution >= 0.6 is 0 Å². The largest absolute Gasteiger partial charge is 0.486 e. The Morgan fingerprint density at radius 2 is 1.61 bits per heavy atom. The molecule has 23 heavy (non-hydrogen) atoms. The van der Waals surface area contributed by atoms with Crippen LogP contribution in [0, 0.1) is 0 Å². The smallest absolute Gasteiger partial charge is 0.262 e. The summed E-state index contributed by atoms with van der Waals surface area (Å²) in [5.74, 6) is 1.42. The molecule has 1 aliphatic rings. The topological polar surface area (TPSA) is 64.6 Å². The normalized spacial score (nSPS) is 13.9. The molecule has 0 aliphatic carbocycles. The minimum absolute atomic E-state index is 0.148. The predicted octanol–water partition coefficient (Wildman–Crippen LogP) is 3.38. The Hall–Kier alpha value is -2.21. The van der Waals surface area contributed by atoms with E-state index in [1.165, 1.54) is 12.1 Å². The van der Waals surface area contributed by atoms with Crippen molar-refractivity contribution in [3.05, 3.63) is 48.0 Å². The second kappa shape index (κ2) is 6.12. The van der Waals surface area contributed by atoms with E-state index in [4.69, 9.17) is 9.47 Å². The molecule has 0 saturated heterocycles. The molecule has 1 heterocycles. The number of benzene rings is 2. The second-order valence-corrected chi connectivity index (χ2v) is 7.37. The number of nitrogens with one attached hydrogen (secondary N) is 1. The number of hydrogen-bond acceptors (Lipinski definition) is 4. The zero-order valence-electron chi connectivity index (χ0n) is 13.1. The minimum atomic E-state index is -3.67. The lowest BCUT2D eigenvalue weighted by Gasteiger charge is -2.19. The Morgan fingerprint density at radius 1 is 0.957 bits per heavy atom. The van der Waals surface area contributed by atoms with Crippen molar-refractivity contribution in [2.75, 3.05) is 17.9 Å². The summed E-state index contributed by atoms with van der Waals surface area (Å²) in [4.78, 5) is 0.148. The SMILES string of the molecule is CC(C)c1ccc(NS(=O)(=O)c2ccc3c(c2)OCCO3)cc1. The molecule has 0 saturated carbocycles. The van der Waals surface area contributed by atoms with Gasteiger partial charge in [-0.05, 0) is 35.7 Å². The van der Waals surface area contributed by atoms with E-state index in [-0.39, 0.29) is 4.90 Å². The Bertz CT molecular complexity index is 798. The summed E-state index contributed by atoms with van der Waals surface area (Å²) in [5, 5.41) is 0. The number of rotatable bonds is 4. The van der Waals surface area contributed by atoms with Gasteiger partial charge in [0.05, 0.1) is 4.90 Å². The van der Waals surface area contributed by atoms with Crippen molar-refractivity contribution in [1.29, 1.82) is 0 Å². The van der Waals surface area contributed by atoms with Crippen LogP contribution in [0.15, 0.2) is 47.4 Å². The van der Waals surface area contributed by atoms with Gasteiger partial charge < -0.3 is 9.47 Å². The van der Waals surface area contributed by atoms with E-state index >= 15 is 0 Å². The molecule has 122 valence electrons. The van der Waals surface area contributed by atoms with Gasteiger partial charge in [-0.2, -0.15) is 0 Å². The maximum Gasteiger partial charge on any atom is 0.262 e. The van der Waals surface area contributed by atoms with Gasteiger partial charge in [-0.15, -0.1) is 0 Å². The zero-order valence-corrected chi connectivity index (χ0v) is 13.9. The van der Waals surface area contributed by atoms with Crippen molar-refractivity contribution in [3.8, 4) is 11.5 Å². The fraction of sp³-hybridized carbons (Fsp3) is 0.294. The first-order chi connectivity index (χ1) is 11.0. The lowest BCUT2D eigenvalue weighted by Crippen LogP contribution is -2.17. The fourth-order valence-electron chi connectivity index (χ4n) is 2.34. The molecule has 0 amide bonds. The van der Waals surface area contributed by atoms with Crippen LogP contribution in [0.25, 0.3) is 0 Å². The molecule has 0 aromatic heterocycles. The van der Waals surface area contributed by atoms with Gasteiger partial charge >= 0.3 is 0 Å². The van der Waals surface area contributed by atoms with Crippen LogP contribution in [-0.2, 0) is 10.0 Å². The zero-order chi connectivity index (χ0) is 16.4. The Kier molecular flexibility index (Phi) is 4.17. The second-order valence-electron chi connectivity index (χ2n) is 5.69. The third-order valence-corrected chi connectivity index (χ3v) is 5.03. The van der Waals surface area contributed by atoms with Crippen molar-refractivity contribution in [1.82, 2.24) is 0 Å². The van der Waals surface area contributed by atoms with Crippen LogP contribution in [0.1, 0.15) is 25.3 Å². The molecule has 0 bridgehead atoms. The lowest BCUT2D eigenvalue weighted by molar-refractivity contribution is 0.171. The van der Waals surface area contributed by atoms with Crippen molar-refractivity contribution in [3.63, 3.8) is 0 Å². The molecule has 1 N–H and O–H groups in total. The van der Waals surface area contributed by atoms with Crippen molar-refractivity contribution < 1.29 is 17.9 Å². The van der Waals surface area contributed by atoms with E-state index in [2.05, 4.69) is 18.6 Å². The van der Waals surface area contributed by atoms with Gasteiger partial charge in [-0.25, -0.2) is 8.42 Å². The monoisotopic (exact) mass is 333 g/mol. The van der Waals surface area contributed by atoms with Gasteiger partial charge in [-0.3, -0.25) is 4.72 Å². The number of hydrogen-bond donors (Lipinski definition) is 1. The summed E-state index contributed by atoms with van der Waals surface area (Å²) >= 11 is 0. The quantitative estimate of drug-likeness (QED) is 0.931. The lowest BCUT2D eigenvalue weighted by atomic mass is 10.0. The number of sulfonamides is 1. The Labute approximate surface area is 136 Å². The molecule has 0 fully saturated rings. The maximum atomic E-state index is 12.5. The van der Waals surface area contributed by atoms with Crippen LogP contribution in [0.2, 0.25) is 0 Å². The molecule has 1 aliphatic heterocycles. The molecule has 0 spiro atoms. The highest BCUT2D eigenvalue weighted by atomic mass is 32.2. The summed E-state index contributed by atoms with van der Waals surface area (Å²) in [6.07, 6.45) is 0. The van der Waals surface area contributed by atoms with Gasteiger partial charge in [0, 0.05) is 11.8 Å². The number of fused-ring (bicyclic) bond motifs is 1. The third-order valence-electron chi connectivity index (χ3n) is 3.65. The summed E-state index contributed by atoms with van der Waals surface area (Å²) in [6.45, 7) is 5.07. The summed E-state index contributed by atoms with van der Waals surface area (Å²) < 4.78 is 38.4. The minimum Gasteiger partial charge on any atom is -0.486 e. The van der Waals surface area contributed by atoms with E-state index in [0.29, 0.717) is 36.3 Å². The number of ether oxygens (including phenoxy) is 2. The van der Waals surface area contributed by atoms with E-state index in [9.17, 15) is 8.42 Å². The van der Waals surface area contributed by atoms with Crippen LogP contribution in [0.4, 0.5) is 5.69 Å². The molecule has 5 nitrogen and oxygen atoms in total. The van der Waals surface area contributed by atoms with E-state index in [1.807, 2.05) is 12.1 Å². The summed E-state index contributed by atoms with van der Waals surface area (Å²) in [6, 6.07) is 12.0. The highest BCUT2D eigenvalue weighted by Gasteiger charge is 2.19. The van der Waals surface area contributed by atoms with Crippen LogP contribution < -0.4 is 14.2 Å². The van der Waals surface area contributed by atoms with Crippen LogP contribution in [0.5, 0.6) is 11.5 Å². The van der Waals surface area contributed by atoms with Crippen LogP contribution in [-0.4, -0.2) is 21.6 Å². The van der Waals surface area contributed by atoms with Gasteiger partial charge in [-0.1, -0.05) is 26.0 Å². The first-order valence-corrected chi connectivity index (χ1v) is 8.96. The van der Waals surface area contributed by atoms with Crippen molar-refractivity contribution >= 4 is 15.7 Å². The highest BCUT2D eigenvalue weighted by Crippen LogP contribution is 2.32. The molecular formula is C17H19NO4S. The molecule has 6 heteroatoms. The fourth-order valence-corrected chi connectivity index (χ4v) is 3.41. The Morgan fingerprint density at radius 3 is 2.26 bits per heavy atom. The molecule has 0 radical (unpaired) electrons. The molecule has 0 unspecified atom stereocenters.